The first-order valence-electron chi connectivity index (χ1n) is 12.4. The van der Waals surface area contributed by atoms with Crippen LogP contribution in [0.15, 0.2) is 81.4 Å². The first-order chi connectivity index (χ1) is 18.2. The molecule has 2 aromatic rings. The molecule has 0 aromatic heterocycles. The number of carbonyl (C=O) groups is 4. The topological polar surface area (TPSA) is 101 Å². The van der Waals surface area contributed by atoms with E-state index in [2.05, 4.69) is 15.9 Å². The number of allylic oxidation sites excluding steroid dienone is 6. The lowest BCUT2D eigenvalue weighted by molar-refractivity contribution is -0.123. The summed E-state index contributed by atoms with van der Waals surface area (Å²) in [6, 6.07) is 11.9. The summed E-state index contributed by atoms with van der Waals surface area (Å²) in [6.45, 7) is 1.63. The van der Waals surface area contributed by atoms with Crippen LogP contribution in [0.25, 0.3) is 0 Å². The number of hydrogen-bond acceptors (Lipinski definition) is 6. The number of imide groups is 1. The van der Waals surface area contributed by atoms with Crippen LogP contribution >= 0.6 is 15.9 Å². The van der Waals surface area contributed by atoms with Crippen LogP contribution in [0.2, 0.25) is 0 Å². The fourth-order valence-electron chi connectivity index (χ4n) is 6.46. The third-order valence-corrected chi connectivity index (χ3v) is 8.72. The van der Waals surface area contributed by atoms with E-state index in [9.17, 15) is 24.3 Å². The van der Waals surface area contributed by atoms with Gasteiger partial charge < -0.3 is 9.84 Å². The number of rotatable bonds is 3. The lowest BCUT2D eigenvalue weighted by Crippen LogP contribution is -2.39. The number of aromatic hydroxyl groups is 1. The van der Waals surface area contributed by atoms with Gasteiger partial charge in [-0.05, 0) is 73.7 Å². The molecule has 2 amide bonds. The Kier molecular flexibility index (Phi) is 5.76. The van der Waals surface area contributed by atoms with Crippen LogP contribution in [-0.2, 0) is 19.2 Å². The summed E-state index contributed by atoms with van der Waals surface area (Å²) in [4.78, 5) is 55.3. The van der Waals surface area contributed by atoms with Gasteiger partial charge in [-0.2, -0.15) is 0 Å². The minimum atomic E-state index is -0.642. The predicted octanol–water partition coefficient (Wildman–Crippen LogP) is 4.80. The Morgan fingerprint density at radius 1 is 1.00 bits per heavy atom. The van der Waals surface area contributed by atoms with Crippen molar-refractivity contribution in [3.8, 4) is 11.5 Å². The van der Waals surface area contributed by atoms with Crippen molar-refractivity contribution in [2.75, 3.05) is 12.0 Å². The monoisotopic (exact) mass is 573 g/mol. The van der Waals surface area contributed by atoms with E-state index in [1.807, 2.05) is 6.08 Å². The molecule has 38 heavy (non-hydrogen) atoms. The number of phenolic OH excluding ortho intramolecular Hbond substituents is 1. The molecular formula is C30H24BrNO6. The van der Waals surface area contributed by atoms with Crippen LogP contribution in [0.1, 0.15) is 31.2 Å². The molecule has 1 heterocycles. The van der Waals surface area contributed by atoms with Crippen molar-refractivity contribution in [3.05, 3.63) is 86.9 Å². The molecule has 8 heteroatoms. The van der Waals surface area contributed by atoms with Crippen molar-refractivity contribution >= 4 is 45.0 Å². The van der Waals surface area contributed by atoms with Gasteiger partial charge >= 0.3 is 0 Å². The molecule has 3 aliphatic carbocycles. The van der Waals surface area contributed by atoms with Crippen LogP contribution in [0, 0.1) is 17.8 Å². The average molecular weight is 574 g/mol. The van der Waals surface area contributed by atoms with Gasteiger partial charge in [-0.25, -0.2) is 0 Å². The standard InChI is InChI=1S/C30H24BrNO6/c1-14-11-23(34)21-13-20-18(25(27(21)28(14)35)15-3-10-22(33)24(12-15)38-2)8-9-19-26(20)30(37)32(29(19)36)17-6-4-16(31)5-7-17/h3-8,10-12,19-20,25-26,33H,9,13H2,1-2H3/t19-,20+,25-,26-/m0/s1. The molecule has 6 rings (SSSR count). The molecule has 4 aliphatic rings. The fourth-order valence-corrected chi connectivity index (χ4v) is 6.72. The molecule has 1 fully saturated rings. The third-order valence-electron chi connectivity index (χ3n) is 8.19. The second-order valence-corrected chi connectivity index (χ2v) is 11.1. The molecule has 7 nitrogen and oxygen atoms in total. The van der Waals surface area contributed by atoms with Crippen LogP contribution < -0.4 is 9.64 Å². The number of anilines is 1. The van der Waals surface area contributed by atoms with E-state index in [0.29, 0.717) is 34.4 Å². The number of amides is 2. The highest BCUT2D eigenvalue weighted by atomic mass is 79.9. The molecule has 4 atom stereocenters. The number of Topliss-reactive ketones (excluding diaryl/α,β-unsaturated/α-hetero) is 1. The SMILES string of the molecule is COc1cc([C@H]2C3=CC[C@@H]4C(=O)N(c5ccc(Br)cc5)C(=O)[C@@H]4[C@@H]3CC3=C2C(=O)C(C)=CC3=O)ccc1O. The van der Waals surface area contributed by atoms with Gasteiger partial charge in [-0.15, -0.1) is 0 Å². The van der Waals surface area contributed by atoms with Crippen LogP contribution in [0.4, 0.5) is 5.69 Å². The summed E-state index contributed by atoms with van der Waals surface area (Å²) in [5.41, 5.74) is 3.21. The van der Waals surface area contributed by atoms with Gasteiger partial charge in [0.15, 0.2) is 23.1 Å². The first-order valence-corrected chi connectivity index (χ1v) is 13.2. The first kappa shape index (κ1) is 24.6. The summed E-state index contributed by atoms with van der Waals surface area (Å²) in [5, 5.41) is 10.2. The Morgan fingerprint density at radius 2 is 1.74 bits per heavy atom. The largest absolute Gasteiger partial charge is 0.504 e. The van der Waals surface area contributed by atoms with Crippen LogP contribution in [0.5, 0.6) is 11.5 Å². The van der Waals surface area contributed by atoms with Gasteiger partial charge in [0.2, 0.25) is 11.8 Å². The van der Waals surface area contributed by atoms with E-state index in [-0.39, 0.29) is 41.3 Å². The smallest absolute Gasteiger partial charge is 0.238 e. The number of fused-ring (bicyclic) bond motifs is 3. The van der Waals surface area contributed by atoms with E-state index < -0.39 is 23.7 Å². The number of ketones is 2. The number of phenols is 1. The number of halogens is 1. The van der Waals surface area contributed by atoms with Gasteiger partial charge in [0, 0.05) is 27.1 Å². The molecule has 1 saturated heterocycles. The maximum atomic E-state index is 13.9. The summed E-state index contributed by atoms with van der Waals surface area (Å²) in [5.74, 6) is -2.97. The van der Waals surface area contributed by atoms with Crippen molar-refractivity contribution in [3.63, 3.8) is 0 Å². The van der Waals surface area contributed by atoms with Crippen LogP contribution in [0.3, 0.4) is 0 Å². The fraction of sp³-hybridized carbons (Fsp3) is 0.267. The minimum Gasteiger partial charge on any atom is -0.504 e. The Labute approximate surface area is 227 Å². The Morgan fingerprint density at radius 3 is 2.45 bits per heavy atom. The second-order valence-electron chi connectivity index (χ2n) is 10.1. The zero-order valence-corrected chi connectivity index (χ0v) is 22.3. The molecule has 1 aliphatic heterocycles. The van der Waals surface area contributed by atoms with Crippen molar-refractivity contribution in [1.29, 1.82) is 0 Å². The Balaban J connectivity index is 1.49. The number of ether oxygens (including phenoxy) is 1. The van der Waals surface area contributed by atoms with Gasteiger partial charge in [0.25, 0.3) is 0 Å². The Bertz CT molecular complexity index is 1530. The van der Waals surface area contributed by atoms with E-state index in [4.69, 9.17) is 4.74 Å². The molecule has 192 valence electrons. The van der Waals surface area contributed by atoms with Gasteiger partial charge in [0.1, 0.15) is 0 Å². The lowest BCUT2D eigenvalue weighted by atomic mass is 9.59. The van der Waals surface area contributed by atoms with Crippen molar-refractivity contribution in [1.82, 2.24) is 0 Å². The van der Waals surface area contributed by atoms with E-state index >= 15 is 0 Å². The maximum absolute atomic E-state index is 13.9. The van der Waals surface area contributed by atoms with Gasteiger partial charge in [-0.3, -0.25) is 24.1 Å². The zero-order valence-electron chi connectivity index (χ0n) is 20.7. The Hall–Kier alpha value is -3.78. The zero-order chi connectivity index (χ0) is 26.9. The van der Waals surface area contributed by atoms with Crippen molar-refractivity contribution in [2.24, 2.45) is 17.8 Å². The summed E-state index contributed by atoms with van der Waals surface area (Å²) >= 11 is 3.39. The minimum absolute atomic E-state index is 0.0423. The van der Waals surface area contributed by atoms with E-state index in [1.54, 1.807) is 43.3 Å². The lowest BCUT2D eigenvalue weighted by Gasteiger charge is -2.42. The summed E-state index contributed by atoms with van der Waals surface area (Å²) < 4.78 is 6.17. The molecule has 1 N–H and O–H groups in total. The summed E-state index contributed by atoms with van der Waals surface area (Å²) in [7, 11) is 1.44. The molecule has 0 unspecified atom stereocenters. The number of carbonyl (C=O) groups excluding carboxylic acids is 4. The maximum Gasteiger partial charge on any atom is 0.238 e. The number of methoxy groups -OCH3 is 1. The molecule has 2 aromatic carbocycles. The highest BCUT2D eigenvalue weighted by Gasteiger charge is 2.56. The normalized spacial score (nSPS) is 26.6. The number of hydrogen-bond donors (Lipinski definition) is 1. The molecule has 0 radical (unpaired) electrons. The van der Waals surface area contributed by atoms with Crippen LogP contribution in [-0.4, -0.2) is 35.6 Å². The quantitative estimate of drug-likeness (QED) is 0.321. The van der Waals surface area contributed by atoms with Crippen molar-refractivity contribution in [2.45, 2.75) is 25.7 Å². The second kappa shape index (κ2) is 8.91. The van der Waals surface area contributed by atoms with E-state index in [1.165, 1.54) is 24.2 Å². The van der Waals surface area contributed by atoms with Crippen molar-refractivity contribution < 1.29 is 29.0 Å². The highest BCUT2D eigenvalue weighted by Crippen LogP contribution is 2.55. The number of nitrogens with zero attached hydrogens (tertiary/aromatic N) is 1. The van der Waals surface area contributed by atoms with E-state index in [0.717, 1.165) is 10.0 Å². The van der Waals surface area contributed by atoms with Gasteiger partial charge in [0.05, 0.1) is 24.6 Å². The summed E-state index contributed by atoms with van der Waals surface area (Å²) in [6.07, 6.45) is 3.91. The third kappa shape index (κ3) is 3.54. The predicted molar refractivity (Wildman–Crippen MR) is 143 cm³/mol. The molecule has 0 spiro atoms. The highest BCUT2D eigenvalue weighted by molar-refractivity contribution is 9.10. The molecule has 0 bridgehead atoms. The average Bonchev–Trinajstić information content (AvgIpc) is 3.17. The van der Waals surface area contributed by atoms with Gasteiger partial charge in [-0.1, -0.05) is 33.6 Å². The molecular weight excluding hydrogens is 550 g/mol. The number of benzene rings is 2. The molecule has 0 saturated carbocycles.